The van der Waals surface area contributed by atoms with E-state index >= 15 is 0 Å². The standard InChI is InChI=1S/C10H14ClN3O5/c11-6-1-9(17)14(4-6)5-8(16)12-2-7(15)13-3-10(18)19/h6H,1-5H2,(H,12,16)(H,13,15)(H,18,19). The van der Waals surface area contributed by atoms with Crippen molar-refractivity contribution in [3.63, 3.8) is 0 Å². The maximum absolute atomic E-state index is 11.4. The molecule has 0 aromatic heterocycles. The lowest BCUT2D eigenvalue weighted by Gasteiger charge is -2.14. The molecule has 8 nitrogen and oxygen atoms in total. The predicted octanol–water partition coefficient (Wildman–Crippen LogP) is -1.86. The Labute approximate surface area is 114 Å². The Balaban J connectivity index is 2.23. The molecule has 0 bridgehead atoms. The van der Waals surface area contributed by atoms with E-state index in [1.165, 1.54) is 4.90 Å². The van der Waals surface area contributed by atoms with Crippen molar-refractivity contribution in [2.45, 2.75) is 11.8 Å². The van der Waals surface area contributed by atoms with Crippen LogP contribution in [0.25, 0.3) is 0 Å². The number of nitrogens with zero attached hydrogens (tertiary/aromatic N) is 1. The van der Waals surface area contributed by atoms with Gasteiger partial charge in [0.1, 0.15) is 6.54 Å². The highest BCUT2D eigenvalue weighted by molar-refractivity contribution is 6.22. The van der Waals surface area contributed by atoms with Crippen LogP contribution in [-0.2, 0) is 19.2 Å². The summed E-state index contributed by atoms with van der Waals surface area (Å²) in [7, 11) is 0. The summed E-state index contributed by atoms with van der Waals surface area (Å²) in [5.74, 6) is -2.48. The molecule has 1 heterocycles. The number of nitrogens with one attached hydrogen (secondary N) is 2. The van der Waals surface area contributed by atoms with Crippen molar-refractivity contribution < 1.29 is 24.3 Å². The van der Waals surface area contributed by atoms with E-state index in [1.807, 2.05) is 0 Å². The maximum atomic E-state index is 11.4. The monoisotopic (exact) mass is 291 g/mol. The van der Waals surface area contributed by atoms with E-state index in [2.05, 4.69) is 10.6 Å². The van der Waals surface area contributed by atoms with Gasteiger partial charge in [0.25, 0.3) is 0 Å². The highest BCUT2D eigenvalue weighted by Crippen LogP contribution is 2.15. The van der Waals surface area contributed by atoms with Crippen LogP contribution in [0.15, 0.2) is 0 Å². The van der Waals surface area contributed by atoms with Crippen LogP contribution in [0.1, 0.15) is 6.42 Å². The van der Waals surface area contributed by atoms with Crippen LogP contribution in [0.2, 0.25) is 0 Å². The van der Waals surface area contributed by atoms with Crippen LogP contribution in [-0.4, -0.2) is 65.3 Å². The maximum Gasteiger partial charge on any atom is 0.322 e. The molecular weight excluding hydrogens is 278 g/mol. The number of halogens is 1. The average Bonchev–Trinajstić information content (AvgIpc) is 2.62. The van der Waals surface area contributed by atoms with Crippen LogP contribution in [0, 0.1) is 0 Å². The molecular formula is C10H14ClN3O5. The molecule has 1 unspecified atom stereocenters. The Morgan fingerprint density at radius 2 is 1.89 bits per heavy atom. The molecule has 1 aliphatic heterocycles. The first-order chi connectivity index (χ1) is 8.88. The zero-order valence-corrected chi connectivity index (χ0v) is 10.8. The quantitative estimate of drug-likeness (QED) is 0.497. The summed E-state index contributed by atoms with van der Waals surface area (Å²) in [4.78, 5) is 45.4. The Morgan fingerprint density at radius 1 is 1.26 bits per heavy atom. The van der Waals surface area contributed by atoms with Crippen molar-refractivity contribution in [3.05, 3.63) is 0 Å². The lowest BCUT2D eigenvalue weighted by Crippen LogP contribution is -2.43. The molecule has 3 N–H and O–H groups in total. The van der Waals surface area contributed by atoms with E-state index in [9.17, 15) is 19.2 Å². The van der Waals surface area contributed by atoms with Crippen molar-refractivity contribution >= 4 is 35.3 Å². The number of carbonyl (C=O) groups excluding carboxylic acids is 3. The third-order valence-corrected chi connectivity index (χ3v) is 2.68. The first-order valence-electron chi connectivity index (χ1n) is 5.55. The van der Waals surface area contributed by atoms with Gasteiger partial charge in [0.05, 0.1) is 18.5 Å². The van der Waals surface area contributed by atoms with Crippen LogP contribution in [0.5, 0.6) is 0 Å². The number of alkyl halides is 1. The van der Waals surface area contributed by atoms with Gasteiger partial charge in [-0.1, -0.05) is 0 Å². The van der Waals surface area contributed by atoms with Gasteiger partial charge in [0, 0.05) is 13.0 Å². The molecule has 9 heteroatoms. The van der Waals surface area contributed by atoms with Crippen molar-refractivity contribution in [2.75, 3.05) is 26.2 Å². The molecule has 0 aliphatic carbocycles. The van der Waals surface area contributed by atoms with Crippen LogP contribution in [0.3, 0.4) is 0 Å². The Bertz CT molecular complexity index is 401. The van der Waals surface area contributed by atoms with Gasteiger partial charge in [-0.05, 0) is 0 Å². The highest BCUT2D eigenvalue weighted by Gasteiger charge is 2.29. The van der Waals surface area contributed by atoms with Crippen molar-refractivity contribution in [2.24, 2.45) is 0 Å². The summed E-state index contributed by atoms with van der Waals surface area (Å²) < 4.78 is 0. The molecule has 1 fully saturated rings. The molecule has 0 radical (unpaired) electrons. The van der Waals surface area contributed by atoms with Gasteiger partial charge in [-0.3, -0.25) is 19.2 Å². The van der Waals surface area contributed by atoms with Gasteiger partial charge in [-0.25, -0.2) is 0 Å². The zero-order valence-electron chi connectivity index (χ0n) is 10.0. The fourth-order valence-electron chi connectivity index (χ4n) is 1.52. The van der Waals surface area contributed by atoms with Crippen molar-refractivity contribution in [1.82, 2.24) is 15.5 Å². The smallest absolute Gasteiger partial charge is 0.322 e. The summed E-state index contributed by atoms with van der Waals surface area (Å²) in [6.45, 7) is -0.695. The van der Waals surface area contributed by atoms with Gasteiger partial charge in [-0.15, -0.1) is 11.6 Å². The SMILES string of the molecule is O=C(O)CNC(=O)CNC(=O)CN1CC(Cl)CC1=O. The van der Waals surface area contributed by atoms with Crippen LogP contribution >= 0.6 is 11.6 Å². The zero-order chi connectivity index (χ0) is 14.4. The van der Waals surface area contributed by atoms with E-state index in [-0.39, 0.29) is 30.8 Å². The summed E-state index contributed by atoms with van der Waals surface area (Å²) in [5, 5.41) is 12.4. The Morgan fingerprint density at radius 3 is 2.42 bits per heavy atom. The molecule has 1 rings (SSSR count). The molecule has 0 aromatic carbocycles. The number of likely N-dealkylation sites (tertiary alicyclic amines) is 1. The van der Waals surface area contributed by atoms with Crippen molar-refractivity contribution in [1.29, 1.82) is 0 Å². The van der Waals surface area contributed by atoms with Crippen LogP contribution < -0.4 is 10.6 Å². The van der Waals surface area contributed by atoms with Crippen LogP contribution in [0.4, 0.5) is 0 Å². The number of hydrogen-bond acceptors (Lipinski definition) is 4. The normalized spacial score (nSPS) is 18.3. The summed E-state index contributed by atoms with van der Waals surface area (Å²) in [6, 6.07) is 0. The summed E-state index contributed by atoms with van der Waals surface area (Å²) in [5.41, 5.74) is 0. The van der Waals surface area contributed by atoms with Gasteiger partial charge in [0.2, 0.25) is 17.7 Å². The first kappa shape index (κ1) is 15.2. The van der Waals surface area contributed by atoms with Gasteiger partial charge in [0.15, 0.2) is 0 Å². The number of rotatable bonds is 6. The van der Waals surface area contributed by atoms with Gasteiger partial charge >= 0.3 is 5.97 Å². The topological polar surface area (TPSA) is 116 Å². The molecule has 1 aliphatic rings. The Hall–Kier alpha value is -1.83. The number of amides is 3. The summed E-state index contributed by atoms with van der Waals surface area (Å²) in [6.07, 6.45) is 0.202. The molecule has 0 aromatic rings. The van der Waals surface area contributed by atoms with Gasteiger partial charge in [-0.2, -0.15) is 0 Å². The first-order valence-corrected chi connectivity index (χ1v) is 5.99. The Kier molecular flexibility index (Phi) is 5.56. The van der Waals surface area contributed by atoms with E-state index in [0.717, 1.165) is 0 Å². The molecule has 0 spiro atoms. The molecule has 1 atom stereocenters. The molecule has 3 amide bonds. The third kappa shape index (κ3) is 5.56. The molecule has 19 heavy (non-hydrogen) atoms. The fraction of sp³-hybridized carbons (Fsp3) is 0.600. The minimum absolute atomic E-state index is 0.158. The highest BCUT2D eigenvalue weighted by atomic mass is 35.5. The minimum Gasteiger partial charge on any atom is -0.480 e. The second-order valence-corrected chi connectivity index (χ2v) is 4.64. The number of hydrogen-bond donors (Lipinski definition) is 3. The van der Waals surface area contributed by atoms with Gasteiger partial charge < -0.3 is 20.6 Å². The third-order valence-electron chi connectivity index (χ3n) is 2.38. The minimum atomic E-state index is -1.17. The molecule has 0 saturated carbocycles. The fourth-order valence-corrected chi connectivity index (χ4v) is 1.82. The average molecular weight is 292 g/mol. The van der Waals surface area contributed by atoms with E-state index < -0.39 is 24.3 Å². The number of aliphatic carboxylic acids is 1. The molecule has 1 saturated heterocycles. The number of carboxylic acid groups (broad SMARTS) is 1. The second-order valence-electron chi connectivity index (χ2n) is 4.02. The predicted molar refractivity (Wildman–Crippen MR) is 64.5 cm³/mol. The van der Waals surface area contributed by atoms with E-state index in [4.69, 9.17) is 16.7 Å². The van der Waals surface area contributed by atoms with Crippen molar-refractivity contribution in [3.8, 4) is 0 Å². The molecule has 106 valence electrons. The summed E-state index contributed by atoms with van der Waals surface area (Å²) >= 11 is 5.77. The lowest BCUT2D eigenvalue weighted by atomic mass is 10.4. The number of carboxylic acids is 1. The lowest BCUT2D eigenvalue weighted by molar-refractivity contribution is -0.138. The largest absolute Gasteiger partial charge is 0.480 e. The number of carbonyl (C=O) groups is 4. The van der Waals surface area contributed by atoms with E-state index in [0.29, 0.717) is 6.54 Å². The second kappa shape index (κ2) is 6.93. The van der Waals surface area contributed by atoms with E-state index in [1.54, 1.807) is 0 Å².